The van der Waals surface area contributed by atoms with Crippen molar-refractivity contribution >= 4 is 15.9 Å². The minimum Gasteiger partial charge on any atom is -0.453 e. The molecule has 2 nitrogen and oxygen atoms in total. The van der Waals surface area contributed by atoms with Crippen molar-refractivity contribution in [2.24, 2.45) is 0 Å². The van der Waals surface area contributed by atoms with Crippen LogP contribution in [0.25, 0.3) is 0 Å². The van der Waals surface area contributed by atoms with Crippen LogP contribution in [0.5, 0.6) is 0 Å². The molecule has 1 aromatic heterocycles. The van der Waals surface area contributed by atoms with Gasteiger partial charge in [-0.1, -0.05) is 0 Å². The third-order valence-corrected chi connectivity index (χ3v) is 3.32. The molecule has 1 unspecified atom stereocenters. The number of hydrogen-bond donors (Lipinski definition) is 1. The molecule has 1 N–H and O–H groups in total. The first-order valence-corrected chi connectivity index (χ1v) is 5.30. The highest BCUT2D eigenvalue weighted by molar-refractivity contribution is 9.10. The first-order chi connectivity index (χ1) is 6.06. The lowest BCUT2D eigenvalue weighted by Crippen LogP contribution is -2.22. The molecule has 0 radical (unpaired) electrons. The van der Waals surface area contributed by atoms with Gasteiger partial charge in [-0.3, -0.25) is 0 Å². The summed E-state index contributed by atoms with van der Waals surface area (Å²) in [4.78, 5) is 0. The number of hydrogen-bond acceptors (Lipinski definition) is 2. The third kappa shape index (κ3) is 1.34. The molecule has 13 heavy (non-hydrogen) atoms. The first kappa shape index (κ1) is 9.28. The van der Waals surface area contributed by atoms with Gasteiger partial charge in [-0.15, -0.1) is 0 Å². The summed E-state index contributed by atoms with van der Waals surface area (Å²) in [6.45, 7) is 3.86. The summed E-state index contributed by atoms with van der Waals surface area (Å²) in [5, 5.41) is 9.65. The predicted molar refractivity (Wildman–Crippen MR) is 53.7 cm³/mol. The summed E-state index contributed by atoms with van der Waals surface area (Å²) in [7, 11) is 0. The molecule has 0 bridgehead atoms. The Kier molecular flexibility index (Phi) is 2.04. The Balaban J connectivity index is 2.40. The zero-order valence-corrected chi connectivity index (χ0v) is 9.39. The highest BCUT2D eigenvalue weighted by Gasteiger charge is 2.52. The molecule has 1 aliphatic rings. The molecule has 0 saturated heterocycles. The van der Waals surface area contributed by atoms with Gasteiger partial charge in [0.2, 0.25) is 0 Å². The molecule has 3 heteroatoms. The largest absolute Gasteiger partial charge is 0.453 e. The van der Waals surface area contributed by atoms with Gasteiger partial charge in [0, 0.05) is 0 Å². The number of aryl methyl sites for hydroxylation is 1. The zero-order valence-electron chi connectivity index (χ0n) is 7.80. The lowest BCUT2D eigenvalue weighted by molar-refractivity contribution is 0.137. The van der Waals surface area contributed by atoms with E-state index in [-0.39, 0.29) is 11.5 Å². The molecule has 1 saturated carbocycles. The first-order valence-electron chi connectivity index (χ1n) is 4.51. The minimum absolute atomic E-state index is 0.0872. The average molecular weight is 245 g/mol. The van der Waals surface area contributed by atoms with Crippen molar-refractivity contribution in [1.82, 2.24) is 0 Å². The lowest BCUT2D eigenvalue weighted by atomic mass is 9.95. The van der Waals surface area contributed by atoms with E-state index in [0.717, 1.165) is 28.8 Å². The second-order valence-corrected chi connectivity index (χ2v) is 4.68. The highest BCUT2D eigenvalue weighted by Crippen LogP contribution is 2.52. The fourth-order valence-corrected chi connectivity index (χ4v) is 2.41. The molecule has 72 valence electrons. The standard InChI is InChI=1S/C10H13BrO2/c1-6-5-8(11)13-9(6)10(3-4-10)7(2)12/h5,7,12H,3-4H2,1-2H3. The number of aliphatic hydroxyl groups is 1. The van der Waals surface area contributed by atoms with Crippen LogP contribution in [0.2, 0.25) is 0 Å². The van der Waals surface area contributed by atoms with Crippen LogP contribution in [0.3, 0.4) is 0 Å². The molecule has 0 aliphatic heterocycles. The number of rotatable bonds is 2. The van der Waals surface area contributed by atoms with E-state index in [1.165, 1.54) is 0 Å². The van der Waals surface area contributed by atoms with E-state index >= 15 is 0 Å². The molecule has 0 spiro atoms. The van der Waals surface area contributed by atoms with E-state index in [1.54, 1.807) is 0 Å². The van der Waals surface area contributed by atoms with Gasteiger partial charge >= 0.3 is 0 Å². The number of furan rings is 1. The van der Waals surface area contributed by atoms with E-state index in [4.69, 9.17) is 4.42 Å². The Morgan fingerprint density at radius 1 is 1.62 bits per heavy atom. The van der Waals surface area contributed by atoms with Gasteiger partial charge in [0.1, 0.15) is 5.76 Å². The van der Waals surface area contributed by atoms with Crippen LogP contribution in [0.1, 0.15) is 31.1 Å². The molecule has 2 rings (SSSR count). The monoisotopic (exact) mass is 244 g/mol. The Morgan fingerprint density at radius 3 is 2.54 bits per heavy atom. The van der Waals surface area contributed by atoms with Gasteiger partial charge in [0.25, 0.3) is 0 Å². The Morgan fingerprint density at radius 2 is 2.23 bits per heavy atom. The van der Waals surface area contributed by atoms with Crippen molar-refractivity contribution in [3.05, 3.63) is 22.1 Å². The van der Waals surface area contributed by atoms with Crippen LogP contribution in [-0.4, -0.2) is 11.2 Å². The summed E-state index contributed by atoms with van der Waals surface area (Å²) in [6, 6.07) is 1.96. The van der Waals surface area contributed by atoms with Gasteiger partial charge in [-0.2, -0.15) is 0 Å². The lowest BCUT2D eigenvalue weighted by Gasteiger charge is -2.16. The molecular formula is C10H13BrO2. The SMILES string of the molecule is Cc1cc(Br)oc1C1(C(C)O)CC1. The Bertz CT molecular complexity index is 324. The molecule has 1 aromatic rings. The quantitative estimate of drug-likeness (QED) is 0.869. The summed E-state index contributed by atoms with van der Waals surface area (Å²) in [6.07, 6.45) is 1.75. The molecule has 1 aliphatic carbocycles. The van der Waals surface area contributed by atoms with Crippen molar-refractivity contribution in [3.8, 4) is 0 Å². The number of aliphatic hydroxyl groups excluding tert-OH is 1. The van der Waals surface area contributed by atoms with E-state index in [9.17, 15) is 5.11 Å². The van der Waals surface area contributed by atoms with Crippen molar-refractivity contribution in [3.63, 3.8) is 0 Å². The van der Waals surface area contributed by atoms with Crippen LogP contribution in [-0.2, 0) is 5.41 Å². The third-order valence-electron chi connectivity index (χ3n) is 2.93. The topological polar surface area (TPSA) is 33.4 Å². The Hall–Kier alpha value is -0.280. The van der Waals surface area contributed by atoms with Crippen LogP contribution in [0, 0.1) is 6.92 Å². The highest BCUT2D eigenvalue weighted by atomic mass is 79.9. The fraction of sp³-hybridized carbons (Fsp3) is 0.600. The van der Waals surface area contributed by atoms with E-state index in [0.29, 0.717) is 0 Å². The van der Waals surface area contributed by atoms with Gasteiger partial charge < -0.3 is 9.52 Å². The van der Waals surface area contributed by atoms with Crippen LogP contribution in [0.4, 0.5) is 0 Å². The summed E-state index contributed by atoms with van der Waals surface area (Å²) in [5.41, 5.74) is 1.04. The Labute approximate surface area is 86.1 Å². The van der Waals surface area contributed by atoms with E-state index in [1.807, 2.05) is 19.9 Å². The molecule has 0 amide bonds. The summed E-state index contributed by atoms with van der Waals surface area (Å²) < 4.78 is 6.32. The minimum atomic E-state index is -0.316. The van der Waals surface area contributed by atoms with Crippen LogP contribution in [0.15, 0.2) is 15.2 Å². The van der Waals surface area contributed by atoms with Gasteiger partial charge in [-0.05, 0) is 54.2 Å². The maximum Gasteiger partial charge on any atom is 0.169 e. The van der Waals surface area contributed by atoms with Crippen molar-refractivity contribution in [1.29, 1.82) is 0 Å². The second kappa shape index (κ2) is 2.85. The zero-order chi connectivity index (χ0) is 9.64. The molecule has 1 fully saturated rings. The van der Waals surface area contributed by atoms with Crippen molar-refractivity contribution < 1.29 is 9.52 Å². The van der Waals surface area contributed by atoms with Gasteiger partial charge in [0.15, 0.2) is 4.67 Å². The second-order valence-electron chi connectivity index (χ2n) is 3.89. The maximum absolute atomic E-state index is 9.65. The summed E-state index contributed by atoms with van der Waals surface area (Å²) >= 11 is 3.30. The van der Waals surface area contributed by atoms with Crippen LogP contribution >= 0.6 is 15.9 Å². The summed E-state index contributed by atoms with van der Waals surface area (Å²) in [5.74, 6) is 0.953. The maximum atomic E-state index is 9.65. The van der Waals surface area contributed by atoms with Crippen molar-refractivity contribution in [2.45, 2.75) is 38.2 Å². The smallest absolute Gasteiger partial charge is 0.169 e. The van der Waals surface area contributed by atoms with Gasteiger partial charge in [0.05, 0.1) is 11.5 Å². The van der Waals surface area contributed by atoms with Gasteiger partial charge in [-0.25, -0.2) is 0 Å². The molecular weight excluding hydrogens is 232 g/mol. The van der Waals surface area contributed by atoms with Crippen molar-refractivity contribution in [2.75, 3.05) is 0 Å². The molecule has 0 aromatic carbocycles. The molecule has 1 atom stereocenters. The normalized spacial score (nSPS) is 21.5. The fourth-order valence-electron chi connectivity index (χ4n) is 1.91. The van der Waals surface area contributed by atoms with Crippen LogP contribution < -0.4 is 0 Å². The predicted octanol–water partition coefficient (Wildman–Crippen LogP) is 2.76. The van der Waals surface area contributed by atoms with E-state index in [2.05, 4.69) is 15.9 Å². The number of halogens is 1. The average Bonchev–Trinajstić information content (AvgIpc) is 2.75. The molecule has 1 heterocycles. The van der Waals surface area contributed by atoms with E-state index < -0.39 is 0 Å².